The smallest absolute Gasteiger partial charge is 0.316 e. The van der Waals surface area contributed by atoms with Gasteiger partial charge in [0.1, 0.15) is 0 Å². The predicted octanol–water partition coefficient (Wildman–Crippen LogP) is -0.197. The van der Waals surface area contributed by atoms with Gasteiger partial charge in [0.25, 0.3) is 0 Å². The molecular weight excluding hydrogens is 111 g/mol. The maximum atomic E-state index is 9.19. The van der Waals surface area contributed by atoms with E-state index < -0.39 is 8.03 Å². The molecule has 6 heavy (non-hydrogen) atoms. The number of rotatable bonds is 0. The van der Waals surface area contributed by atoms with Crippen molar-refractivity contribution in [3.05, 3.63) is 0 Å². The van der Waals surface area contributed by atoms with Gasteiger partial charge in [0.15, 0.2) is 8.03 Å². The second-order valence-electron chi connectivity index (χ2n) is 0.519. The van der Waals surface area contributed by atoms with Gasteiger partial charge in [-0.05, 0) is 0 Å². The molecule has 0 saturated carbocycles. The summed E-state index contributed by atoms with van der Waals surface area (Å²) in [6.07, 6.45) is 0. The van der Waals surface area contributed by atoms with E-state index in [1.807, 2.05) is 0 Å². The Bertz CT molecular complexity index is 34.5. The van der Waals surface area contributed by atoms with Crippen LogP contribution in [0.2, 0.25) is 0 Å². The van der Waals surface area contributed by atoms with Crippen LogP contribution in [0, 0.1) is 0 Å². The van der Waals surface area contributed by atoms with Crippen molar-refractivity contribution in [3.8, 4) is 0 Å². The quantitative estimate of drug-likeness (QED) is 0.357. The zero-order chi connectivity index (χ0) is 3.58. The standard InChI is InChI=1S/CH5O2P.CH4.Mg.2H/c1-4(2)3;;;;/h4H,1H3,(H,2,3);1H4;;;. The van der Waals surface area contributed by atoms with Crippen LogP contribution in [0.4, 0.5) is 0 Å². The highest BCUT2D eigenvalue weighted by Gasteiger charge is 1.60. The van der Waals surface area contributed by atoms with E-state index in [0.29, 0.717) is 0 Å². The Balaban J connectivity index is -0.0000000450. The van der Waals surface area contributed by atoms with Crippen molar-refractivity contribution in [2.45, 2.75) is 7.43 Å². The highest BCUT2D eigenvalue weighted by atomic mass is 31.1. The molecule has 4 heteroatoms. The third kappa shape index (κ3) is 84.8. The molecule has 0 bridgehead atoms. The van der Waals surface area contributed by atoms with E-state index in [4.69, 9.17) is 4.89 Å². The fraction of sp³-hybridized carbons (Fsp3) is 1.00. The van der Waals surface area contributed by atoms with Crippen LogP contribution in [-0.2, 0) is 4.57 Å². The van der Waals surface area contributed by atoms with Gasteiger partial charge in [-0.25, -0.2) is 0 Å². The van der Waals surface area contributed by atoms with Crippen LogP contribution in [0.15, 0.2) is 0 Å². The second kappa shape index (κ2) is 9.35. The Morgan fingerprint density at radius 3 is 1.67 bits per heavy atom. The first kappa shape index (κ1) is 15.8. The summed E-state index contributed by atoms with van der Waals surface area (Å²) in [5.41, 5.74) is 0. The molecule has 0 aliphatic heterocycles. The lowest BCUT2D eigenvalue weighted by atomic mass is 12.0. The molecule has 0 saturated heterocycles. The molecule has 38 valence electrons. The summed E-state index contributed by atoms with van der Waals surface area (Å²) in [5.74, 6) is 0. The normalized spacial score (nSPS) is 10.3. The molecule has 0 spiro atoms. The van der Waals surface area contributed by atoms with Gasteiger partial charge in [-0.3, -0.25) is 4.57 Å². The van der Waals surface area contributed by atoms with Crippen molar-refractivity contribution in [1.82, 2.24) is 0 Å². The Morgan fingerprint density at radius 1 is 1.67 bits per heavy atom. The molecule has 0 aliphatic rings. The van der Waals surface area contributed by atoms with E-state index in [1.54, 1.807) is 0 Å². The van der Waals surface area contributed by atoms with E-state index in [9.17, 15) is 4.57 Å². The average molecular weight is 122 g/mol. The second-order valence-corrected chi connectivity index (χ2v) is 1.56. The molecule has 0 aromatic carbocycles. The molecule has 0 aromatic heterocycles. The lowest BCUT2D eigenvalue weighted by Crippen LogP contribution is -1.35. The Kier molecular flexibility index (Phi) is 24.6. The molecule has 0 fully saturated rings. The van der Waals surface area contributed by atoms with E-state index in [1.165, 1.54) is 6.66 Å². The number of hydrogen-bond acceptors (Lipinski definition) is 1. The van der Waals surface area contributed by atoms with Gasteiger partial charge in [-0.2, -0.15) is 0 Å². The minimum atomic E-state index is -2.13. The third-order valence-corrected chi connectivity index (χ3v) is 0. The fourth-order valence-electron chi connectivity index (χ4n) is 0. The summed E-state index contributed by atoms with van der Waals surface area (Å²) in [7, 11) is -2.13. The maximum absolute atomic E-state index is 9.19. The third-order valence-electron chi connectivity index (χ3n) is 0. The first-order valence-corrected chi connectivity index (χ1v) is 2.78. The molecule has 0 aliphatic carbocycles. The van der Waals surface area contributed by atoms with Crippen molar-refractivity contribution in [2.24, 2.45) is 0 Å². The largest absolute Gasteiger partial charge is 0.346 e. The summed E-state index contributed by atoms with van der Waals surface area (Å²) in [5, 5.41) is 0. The highest BCUT2D eigenvalue weighted by Crippen LogP contribution is 1.99. The van der Waals surface area contributed by atoms with Gasteiger partial charge in [-0.1, -0.05) is 7.43 Å². The molecular formula is C2H11MgO2P. The zero-order valence-corrected chi connectivity index (χ0v) is 3.36. The van der Waals surface area contributed by atoms with Crippen molar-refractivity contribution in [1.29, 1.82) is 0 Å². The maximum Gasteiger partial charge on any atom is 0.316 e. The molecule has 0 rings (SSSR count). The molecule has 1 unspecified atom stereocenters. The van der Waals surface area contributed by atoms with Crippen molar-refractivity contribution in [2.75, 3.05) is 6.66 Å². The van der Waals surface area contributed by atoms with Crippen molar-refractivity contribution in [3.63, 3.8) is 0 Å². The van der Waals surface area contributed by atoms with Gasteiger partial charge >= 0.3 is 23.1 Å². The topological polar surface area (TPSA) is 37.3 Å². The van der Waals surface area contributed by atoms with E-state index in [-0.39, 0.29) is 30.5 Å². The van der Waals surface area contributed by atoms with Crippen LogP contribution in [0.5, 0.6) is 0 Å². The number of hydrogen-bond donors (Lipinski definition) is 1. The minimum absolute atomic E-state index is 0. The first-order valence-electron chi connectivity index (χ1n) is 0.928. The van der Waals surface area contributed by atoms with Gasteiger partial charge in [-0.15, -0.1) is 0 Å². The highest BCUT2D eigenvalue weighted by molar-refractivity contribution is 7.36. The van der Waals surface area contributed by atoms with Crippen LogP contribution in [0.3, 0.4) is 0 Å². The first-order chi connectivity index (χ1) is 1.73. The van der Waals surface area contributed by atoms with Crippen LogP contribution in [0.1, 0.15) is 7.43 Å². The summed E-state index contributed by atoms with van der Waals surface area (Å²) in [4.78, 5) is 7.60. The molecule has 2 nitrogen and oxygen atoms in total. The Hall–Kier alpha value is 0.956. The van der Waals surface area contributed by atoms with Gasteiger partial charge in [0.05, 0.1) is 0 Å². The SMILES string of the molecule is C.C[PH](=O)O.[MgH2]. The van der Waals surface area contributed by atoms with Crippen molar-refractivity contribution >= 4 is 31.1 Å². The minimum Gasteiger partial charge on any atom is -0.346 e. The van der Waals surface area contributed by atoms with Gasteiger partial charge in [0, 0.05) is 6.66 Å². The summed E-state index contributed by atoms with van der Waals surface area (Å²) >= 11 is 0. The van der Waals surface area contributed by atoms with E-state index in [2.05, 4.69) is 0 Å². The molecule has 0 aromatic rings. The van der Waals surface area contributed by atoms with E-state index >= 15 is 0 Å². The Labute approximate surface area is 55.0 Å². The lowest BCUT2D eigenvalue weighted by Gasteiger charge is -1.61. The fourth-order valence-corrected chi connectivity index (χ4v) is 0. The van der Waals surface area contributed by atoms with Crippen LogP contribution >= 0.6 is 8.03 Å². The molecule has 0 heterocycles. The molecule has 1 atom stereocenters. The zero-order valence-electron chi connectivity index (χ0n) is 2.36. The van der Waals surface area contributed by atoms with Crippen molar-refractivity contribution < 1.29 is 9.46 Å². The van der Waals surface area contributed by atoms with Gasteiger partial charge in [0.2, 0.25) is 0 Å². The van der Waals surface area contributed by atoms with Crippen LogP contribution < -0.4 is 0 Å². The average Bonchev–Trinajstić information content (AvgIpc) is 0.811. The lowest BCUT2D eigenvalue weighted by molar-refractivity contribution is 0.509. The molecule has 0 amide bonds. The summed E-state index contributed by atoms with van der Waals surface area (Å²) < 4.78 is 9.19. The Morgan fingerprint density at radius 2 is 1.67 bits per heavy atom. The van der Waals surface area contributed by atoms with Crippen LogP contribution in [-0.4, -0.2) is 34.6 Å². The summed E-state index contributed by atoms with van der Waals surface area (Å²) in [6.45, 7) is 1.27. The summed E-state index contributed by atoms with van der Waals surface area (Å²) in [6, 6.07) is 0. The van der Waals surface area contributed by atoms with Crippen LogP contribution in [0.25, 0.3) is 0 Å². The molecule has 1 N–H and O–H groups in total. The van der Waals surface area contributed by atoms with E-state index in [0.717, 1.165) is 0 Å². The predicted molar refractivity (Wildman–Crippen MR) is 32.4 cm³/mol. The molecule has 0 radical (unpaired) electrons. The van der Waals surface area contributed by atoms with Gasteiger partial charge < -0.3 is 4.89 Å². The monoisotopic (exact) mass is 122 g/mol.